The normalized spacial score (nSPS) is 29.9. The molecule has 4 aliphatic rings. The summed E-state index contributed by atoms with van der Waals surface area (Å²) >= 11 is 0. The highest BCUT2D eigenvalue weighted by atomic mass is 19.3. The van der Waals surface area contributed by atoms with Gasteiger partial charge in [-0.2, -0.15) is 13.9 Å². The highest BCUT2D eigenvalue weighted by molar-refractivity contribution is 5.64. The van der Waals surface area contributed by atoms with E-state index in [0.717, 1.165) is 25.3 Å². The molecule has 1 saturated heterocycles. The second-order valence-corrected chi connectivity index (χ2v) is 10.0. The van der Waals surface area contributed by atoms with Crippen molar-refractivity contribution in [3.63, 3.8) is 0 Å². The van der Waals surface area contributed by atoms with Gasteiger partial charge in [-0.1, -0.05) is 0 Å². The van der Waals surface area contributed by atoms with Gasteiger partial charge in [-0.15, -0.1) is 0 Å². The minimum atomic E-state index is -2.95. The molecule has 0 spiro atoms. The lowest BCUT2D eigenvalue weighted by molar-refractivity contribution is -0.0494. The quantitative estimate of drug-likeness (QED) is 0.650. The van der Waals surface area contributed by atoms with Crippen LogP contribution in [0.15, 0.2) is 18.3 Å². The number of alkyl halides is 2. The first-order valence-electron chi connectivity index (χ1n) is 11.6. The summed E-state index contributed by atoms with van der Waals surface area (Å²) < 4.78 is 32.1. The number of aliphatic hydroxyl groups is 1. The number of aliphatic hydroxyl groups excluding tert-OH is 1. The van der Waals surface area contributed by atoms with Crippen LogP contribution >= 0.6 is 0 Å². The summed E-state index contributed by atoms with van der Waals surface area (Å²) in [5.74, 6) is 2.89. The number of nitrogens with two attached hydrogens (primary N) is 1. The minimum absolute atomic E-state index is 0.0520. The minimum Gasteiger partial charge on any atom is -0.431 e. The van der Waals surface area contributed by atoms with Gasteiger partial charge in [-0.25, -0.2) is 4.98 Å². The zero-order valence-electron chi connectivity index (χ0n) is 17.9. The number of hydrogen-bond donors (Lipinski definition) is 2. The molecule has 2 aromatic heterocycles. The van der Waals surface area contributed by atoms with E-state index in [-0.39, 0.29) is 11.6 Å². The Morgan fingerprint density at radius 3 is 2.56 bits per heavy atom. The van der Waals surface area contributed by atoms with Gasteiger partial charge in [-0.3, -0.25) is 9.58 Å². The Hall–Kier alpha value is -2.26. The summed E-state index contributed by atoms with van der Waals surface area (Å²) in [7, 11) is 0. The molecule has 172 valence electrons. The van der Waals surface area contributed by atoms with Crippen LogP contribution in [-0.2, 0) is 6.54 Å². The Morgan fingerprint density at radius 1 is 1.16 bits per heavy atom. The predicted molar refractivity (Wildman–Crippen MR) is 114 cm³/mol. The first-order chi connectivity index (χ1) is 15.5. The maximum atomic E-state index is 12.7. The molecule has 3 saturated carbocycles. The zero-order chi connectivity index (χ0) is 22.0. The maximum absolute atomic E-state index is 12.7. The smallest absolute Gasteiger partial charge is 0.387 e. The Balaban J connectivity index is 1.21. The van der Waals surface area contributed by atoms with Crippen molar-refractivity contribution in [2.24, 2.45) is 23.7 Å². The molecule has 3 N–H and O–H groups in total. The molecular weight excluding hydrogens is 416 g/mol. The van der Waals surface area contributed by atoms with E-state index in [1.165, 1.54) is 37.4 Å². The van der Waals surface area contributed by atoms with Crippen LogP contribution in [0.1, 0.15) is 37.3 Å². The average molecular weight is 446 g/mol. The number of anilines is 1. The number of rotatable bonds is 8. The monoisotopic (exact) mass is 445 g/mol. The molecule has 3 heterocycles. The van der Waals surface area contributed by atoms with Gasteiger partial charge in [0.1, 0.15) is 0 Å². The van der Waals surface area contributed by atoms with Crippen LogP contribution in [0, 0.1) is 23.7 Å². The molecule has 6 rings (SSSR count). The van der Waals surface area contributed by atoms with Gasteiger partial charge in [0.2, 0.25) is 0 Å². The third-order valence-electron chi connectivity index (χ3n) is 7.85. The lowest BCUT2D eigenvalue weighted by atomic mass is 9.95. The molecule has 3 aliphatic carbocycles. The SMILES string of the molecule is Nc1ncc(-c2cc([C@H]3[C@@H]4C[C@@H](N5CC(CO)C5)C[C@@H]43)n(CC3CC3)n2)cc1OC(F)F. The van der Waals surface area contributed by atoms with Crippen LogP contribution in [0.4, 0.5) is 14.6 Å². The predicted octanol–water partition coefficient (Wildman–Crippen LogP) is 2.95. The van der Waals surface area contributed by atoms with Crippen LogP contribution in [0.5, 0.6) is 5.75 Å². The molecule has 0 amide bonds. The standard InChI is InChI=1S/C23H29F2N5O2/c24-23(25)32-20-3-14(7-27-22(20)26)18-6-19(30(28-18)10-12-1-2-12)21-16-4-15(5-17(16)21)29-8-13(9-29)11-31/h3,6-7,12-13,15-17,21,23,31H,1-2,4-5,8-11H2,(H2,26,27)/t15-,16-,17+,21+. The summed E-state index contributed by atoms with van der Waals surface area (Å²) in [6.45, 7) is 0.327. The topological polar surface area (TPSA) is 89.4 Å². The number of hydrogen-bond acceptors (Lipinski definition) is 6. The molecule has 0 unspecified atom stereocenters. The number of pyridine rings is 1. The molecule has 4 fully saturated rings. The Bertz CT molecular complexity index is 992. The third kappa shape index (κ3) is 3.65. The molecular formula is C23H29F2N5O2. The largest absolute Gasteiger partial charge is 0.431 e. The summed E-state index contributed by atoms with van der Waals surface area (Å²) in [5, 5.41) is 14.1. The van der Waals surface area contributed by atoms with Crippen molar-refractivity contribution in [1.29, 1.82) is 0 Å². The maximum Gasteiger partial charge on any atom is 0.387 e. The molecule has 1 aliphatic heterocycles. The van der Waals surface area contributed by atoms with Gasteiger partial charge < -0.3 is 15.6 Å². The van der Waals surface area contributed by atoms with Crippen molar-refractivity contribution in [1.82, 2.24) is 19.7 Å². The van der Waals surface area contributed by atoms with Crippen molar-refractivity contribution in [2.75, 3.05) is 25.4 Å². The van der Waals surface area contributed by atoms with Gasteiger partial charge in [0.15, 0.2) is 11.6 Å². The summed E-state index contributed by atoms with van der Waals surface area (Å²) in [5.41, 5.74) is 8.35. The molecule has 0 bridgehead atoms. The third-order valence-corrected chi connectivity index (χ3v) is 7.85. The lowest BCUT2D eigenvalue weighted by Crippen LogP contribution is -2.52. The molecule has 7 nitrogen and oxygen atoms in total. The van der Waals surface area contributed by atoms with E-state index in [1.54, 1.807) is 6.20 Å². The lowest BCUT2D eigenvalue weighted by Gasteiger charge is -2.43. The van der Waals surface area contributed by atoms with Crippen molar-refractivity contribution in [3.8, 4) is 17.0 Å². The Morgan fingerprint density at radius 2 is 1.91 bits per heavy atom. The van der Waals surface area contributed by atoms with Crippen LogP contribution in [0.25, 0.3) is 11.3 Å². The summed E-state index contributed by atoms with van der Waals surface area (Å²) in [4.78, 5) is 6.57. The van der Waals surface area contributed by atoms with E-state index in [2.05, 4.69) is 25.4 Å². The second kappa shape index (κ2) is 7.66. The fraction of sp³-hybridized carbons (Fsp3) is 0.652. The number of likely N-dealkylation sites (tertiary alicyclic amines) is 1. The summed E-state index contributed by atoms with van der Waals surface area (Å²) in [6.07, 6.45) is 6.49. The molecule has 2 aromatic rings. The van der Waals surface area contributed by atoms with Crippen LogP contribution in [-0.4, -0.2) is 57.1 Å². The van der Waals surface area contributed by atoms with E-state index < -0.39 is 6.61 Å². The number of halogens is 2. The van der Waals surface area contributed by atoms with Crippen LogP contribution in [0.3, 0.4) is 0 Å². The van der Waals surface area contributed by atoms with Crippen LogP contribution in [0.2, 0.25) is 0 Å². The molecule has 9 heteroatoms. The van der Waals surface area contributed by atoms with Gasteiger partial charge in [-0.05, 0) is 55.6 Å². The summed E-state index contributed by atoms with van der Waals surface area (Å²) in [6, 6.07) is 4.28. The van der Waals surface area contributed by atoms with E-state index in [1.807, 2.05) is 0 Å². The van der Waals surface area contributed by atoms with Gasteiger partial charge >= 0.3 is 6.61 Å². The fourth-order valence-corrected chi connectivity index (χ4v) is 5.89. The Kier molecular flexibility index (Phi) is 4.87. The van der Waals surface area contributed by atoms with Crippen LogP contribution < -0.4 is 10.5 Å². The molecule has 4 atom stereocenters. The highest BCUT2D eigenvalue weighted by Crippen LogP contribution is 2.64. The number of nitrogen functional groups attached to an aromatic ring is 1. The van der Waals surface area contributed by atoms with E-state index >= 15 is 0 Å². The van der Waals surface area contributed by atoms with Crippen molar-refractivity contribution in [3.05, 3.63) is 24.0 Å². The van der Waals surface area contributed by atoms with Gasteiger partial charge in [0.05, 0.1) is 5.69 Å². The zero-order valence-corrected chi connectivity index (χ0v) is 17.9. The van der Waals surface area contributed by atoms with Gasteiger partial charge in [0.25, 0.3) is 0 Å². The van der Waals surface area contributed by atoms with E-state index in [9.17, 15) is 13.9 Å². The van der Waals surface area contributed by atoms with Crippen molar-refractivity contribution >= 4 is 5.82 Å². The second-order valence-electron chi connectivity index (χ2n) is 10.0. The average Bonchev–Trinajstić information content (AvgIpc) is 3.57. The number of nitrogens with zero attached hydrogens (tertiary/aromatic N) is 4. The van der Waals surface area contributed by atoms with E-state index in [4.69, 9.17) is 10.8 Å². The molecule has 0 aromatic carbocycles. The van der Waals surface area contributed by atoms with E-state index in [0.29, 0.717) is 47.8 Å². The van der Waals surface area contributed by atoms with Gasteiger partial charge in [0, 0.05) is 61.6 Å². The first-order valence-corrected chi connectivity index (χ1v) is 11.6. The number of ether oxygens (including phenoxy) is 1. The first kappa shape index (κ1) is 20.4. The molecule has 0 radical (unpaired) electrons. The number of fused-ring (bicyclic) bond motifs is 1. The Labute approximate surface area is 185 Å². The van der Waals surface area contributed by atoms with Crippen molar-refractivity contribution in [2.45, 2.75) is 50.8 Å². The highest BCUT2D eigenvalue weighted by Gasteiger charge is 2.59. The fourth-order valence-electron chi connectivity index (χ4n) is 5.89. The molecule has 32 heavy (non-hydrogen) atoms. The number of aromatic nitrogens is 3. The van der Waals surface area contributed by atoms with Crippen molar-refractivity contribution < 1.29 is 18.6 Å².